The Labute approximate surface area is 173 Å². The van der Waals surface area contributed by atoms with Crippen molar-refractivity contribution in [3.63, 3.8) is 0 Å². The van der Waals surface area contributed by atoms with Gasteiger partial charge in [0.15, 0.2) is 0 Å². The van der Waals surface area contributed by atoms with Crippen molar-refractivity contribution < 1.29 is 15.0 Å². The van der Waals surface area contributed by atoms with Gasteiger partial charge in [-0.1, -0.05) is 55.8 Å². The van der Waals surface area contributed by atoms with E-state index < -0.39 is 5.97 Å². The van der Waals surface area contributed by atoms with Gasteiger partial charge in [0, 0.05) is 18.0 Å². The molecule has 1 saturated heterocycles. The molecule has 2 bridgehead atoms. The molecule has 2 fully saturated rings. The molecule has 0 aromatic heterocycles. The van der Waals surface area contributed by atoms with Gasteiger partial charge >= 0.3 is 5.97 Å². The zero-order chi connectivity index (χ0) is 20.4. The number of nitrogens with zero attached hydrogens (tertiary/aromatic N) is 1. The van der Waals surface area contributed by atoms with Gasteiger partial charge in [0.05, 0.1) is 5.92 Å². The summed E-state index contributed by atoms with van der Waals surface area (Å²) in [6.45, 7) is 3.85. The van der Waals surface area contributed by atoms with Crippen LogP contribution in [0.2, 0.25) is 0 Å². The van der Waals surface area contributed by atoms with Crippen LogP contribution in [0.25, 0.3) is 0 Å². The Morgan fingerprint density at radius 2 is 1.97 bits per heavy atom. The van der Waals surface area contributed by atoms with Crippen molar-refractivity contribution in [3.05, 3.63) is 65.7 Å². The van der Waals surface area contributed by atoms with Crippen LogP contribution in [0.3, 0.4) is 0 Å². The second-order valence-electron chi connectivity index (χ2n) is 8.92. The number of aliphatic carboxylic acids is 1. The van der Waals surface area contributed by atoms with E-state index >= 15 is 0 Å². The lowest BCUT2D eigenvalue weighted by atomic mass is 9.57. The van der Waals surface area contributed by atoms with Crippen LogP contribution in [-0.4, -0.2) is 40.2 Å². The number of carboxylic acids is 1. The molecule has 2 N–H and O–H groups in total. The molecule has 4 heteroatoms. The highest BCUT2D eigenvalue weighted by Gasteiger charge is 2.49. The smallest absolute Gasteiger partial charge is 0.308 e. The predicted octanol–water partition coefficient (Wildman–Crippen LogP) is 4.47. The fourth-order valence-electron chi connectivity index (χ4n) is 5.84. The minimum atomic E-state index is -0.706. The number of carbonyl (C=O) groups is 1. The summed E-state index contributed by atoms with van der Waals surface area (Å²) in [5.41, 5.74) is 2.42. The van der Waals surface area contributed by atoms with Gasteiger partial charge in [-0.05, 0) is 61.4 Å². The molecule has 1 saturated carbocycles. The van der Waals surface area contributed by atoms with Crippen molar-refractivity contribution in [2.75, 3.05) is 13.1 Å². The number of hydrogen-bond donors (Lipinski definition) is 2. The Hall–Kier alpha value is -2.33. The van der Waals surface area contributed by atoms with Gasteiger partial charge in [-0.15, -0.1) is 0 Å². The quantitative estimate of drug-likeness (QED) is 0.760. The zero-order valence-corrected chi connectivity index (χ0v) is 17.1. The van der Waals surface area contributed by atoms with Crippen molar-refractivity contribution in [3.8, 4) is 5.75 Å². The minimum Gasteiger partial charge on any atom is -0.508 e. The van der Waals surface area contributed by atoms with Crippen molar-refractivity contribution in [2.24, 2.45) is 11.8 Å². The molecule has 2 aromatic carbocycles. The average Bonchev–Trinajstić information content (AvgIpc) is 2.70. The molecule has 4 atom stereocenters. The number of hydrogen-bond acceptors (Lipinski definition) is 3. The monoisotopic (exact) mass is 393 g/mol. The molecule has 1 aliphatic heterocycles. The van der Waals surface area contributed by atoms with Gasteiger partial charge in [-0.25, -0.2) is 0 Å². The molecule has 4 nitrogen and oxygen atoms in total. The second-order valence-corrected chi connectivity index (χ2v) is 8.92. The van der Waals surface area contributed by atoms with Crippen molar-refractivity contribution >= 4 is 5.97 Å². The molecule has 4 unspecified atom stereocenters. The van der Waals surface area contributed by atoms with Crippen LogP contribution in [0.4, 0.5) is 0 Å². The van der Waals surface area contributed by atoms with Crippen molar-refractivity contribution in [1.82, 2.24) is 4.90 Å². The summed E-state index contributed by atoms with van der Waals surface area (Å²) in [6, 6.07) is 18.1. The topological polar surface area (TPSA) is 60.8 Å². The number of phenolic OH excluding ortho intramolecular Hbond substituents is 1. The van der Waals surface area contributed by atoms with Gasteiger partial charge in [0.1, 0.15) is 5.75 Å². The van der Waals surface area contributed by atoms with E-state index in [4.69, 9.17) is 0 Å². The lowest BCUT2D eigenvalue weighted by Gasteiger charge is -2.56. The summed E-state index contributed by atoms with van der Waals surface area (Å²) >= 11 is 0. The van der Waals surface area contributed by atoms with Crippen LogP contribution in [0.5, 0.6) is 5.75 Å². The third kappa shape index (κ3) is 3.91. The molecule has 0 amide bonds. The Kier molecular flexibility index (Phi) is 5.64. The summed E-state index contributed by atoms with van der Waals surface area (Å²) in [6.07, 6.45) is 5.02. The van der Waals surface area contributed by atoms with E-state index in [0.717, 1.165) is 37.8 Å². The summed E-state index contributed by atoms with van der Waals surface area (Å²) in [5, 5.41) is 19.9. The van der Waals surface area contributed by atoms with Crippen molar-refractivity contribution in [2.45, 2.75) is 50.5 Å². The highest BCUT2D eigenvalue weighted by atomic mass is 16.4. The number of piperidine rings is 1. The maximum atomic E-state index is 12.0. The standard InChI is InChI=1S/C25H31NO3/c1-18-23-11-6-12-25(18,21-9-5-10-22(27)16-21)13-14-26(23)17-20(24(28)29)15-19-7-3-2-4-8-19/h2-5,7-10,16,18,20,23,27H,6,11-15,17H2,1H3,(H,28,29). The first-order chi connectivity index (χ1) is 14.0. The van der Waals surface area contributed by atoms with E-state index in [0.29, 0.717) is 30.7 Å². The Morgan fingerprint density at radius 3 is 2.69 bits per heavy atom. The van der Waals surface area contributed by atoms with Crippen LogP contribution in [0.1, 0.15) is 43.7 Å². The first-order valence-corrected chi connectivity index (χ1v) is 10.8. The molecule has 4 rings (SSSR count). The molecule has 0 spiro atoms. The Morgan fingerprint density at radius 1 is 1.17 bits per heavy atom. The molecule has 2 aromatic rings. The lowest BCUT2D eigenvalue weighted by molar-refractivity contribution is -0.143. The maximum Gasteiger partial charge on any atom is 0.308 e. The number of phenols is 1. The third-order valence-corrected chi connectivity index (χ3v) is 7.44. The fraction of sp³-hybridized carbons (Fsp3) is 0.480. The average molecular weight is 394 g/mol. The molecular weight excluding hydrogens is 362 g/mol. The molecule has 154 valence electrons. The highest BCUT2D eigenvalue weighted by Crippen LogP contribution is 2.51. The first kappa shape index (κ1) is 20.0. The molecule has 2 aliphatic rings. The van der Waals surface area contributed by atoms with E-state index in [1.165, 1.54) is 5.56 Å². The molecule has 0 radical (unpaired) electrons. The zero-order valence-electron chi connectivity index (χ0n) is 17.1. The number of carboxylic acid groups (broad SMARTS) is 1. The van der Waals surface area contributed by atoms with Crippen LogP contribution in [0.15, 0.2) is 54.6 Å². The fourth-order valence-corrected chi connectivity index (χ4v) is 5.84. The Bertz CT molecular complexity index is 852. The van der Waals surface area contributed by atoms with Gasteiger partial charge in [0.2, 0.25) is 0 Å². The number of fused-ring (bicyclic) bond motifs is 2. The van der Waals surface area contributed by atoms with Crippen LogP contribution in [0, 0.1) is 11.8 Å². The van der Waals surface area contributed by atoms with Gasteiger partial charge < -0.3 is 10.2 Å². The summed E-state index contributed by atoms with van der Waals surface area (Å²) in [4.78, 5) is 14.4. The van der Waals surface area contributed by atoms with E-state index in [2.05, 4.69) is 17.9 Å². The highest BCUT2D eigenvalue weighted by molar-refractivity contribution is 5.70. The van der Waals surface area contributed by atoms with E-state index in [1.54, 1.807) is 6.07 Å². The molecule has 1 aliphatic carbocycles. The third-order valence-electron chi connectivity index (χ3n) is 7.44. The van der Waals surface area contributed by atoms with Gasteiger partial charge in [0.25, 0.3) is 0 Å². The SMILES string of the molecule is CC1C2CCCC1(c1cccc(O)c1)CCN2CC(Cc1ccccc1)C(=O)O. The molecule has 1 heterocycles. The summed E-state index contributed by atoms with van der Waals surface area (Å²) in [5.74, 6) is -0.317. The Balaban J connectivity index is 1.53. The number of rotatable bonds is 6. The van der Waals surface area contributed by atoms with E-state index in [9.17, 15) is 15.0 Å². The predicted molar refractivity (Wildman–Crippen MR) is 114 cm³/mol. The second kappa shape index (κ2) is 8.19. The minimum absolute atomic E-state index is 0.0936. The van der Waals surface area contributed by atoms with E-state index in [1.807, 2.05) is 42.5 Å². The van der Waals surface area contributed by atoms with Gasteiger partial charge in [-0.2, -0.15) is 0 Å². The summed E-state index contributed by atoms with van der Waals surface area (Å²) in [7, 11) is 0. The van der Waals surface area contributed by atoms with Crippen LogP contribution >= 0.6 is 0 Å². The van der Waals surface area contributed by atoms with Crippen LogP contribution < -0.4 is 0 Å². The van der Waals surface area contributed by atoms with Crippen LogP contribution in [-0.2, 0) is 16.6 Å². The number of aromatic hydroxyl groups is 1. The molecular formula is C25H31NO3. The van der Waals surface area contributed by atoms with Gasteiger partial charge in [-0.3, -0.25) is 9.69 Å². The largest absolute Gasteiger partial charge is 0.508 e. The number of benzene rings is 2. The summed E-state index contributed by atoms with van der Waals surface area (Å²) < 4.78 is 0. The van der Waals surface area contributed by atoms with Crippen molar-refractivity contribution in [1.29, 1.82) is 0 Å². The molecule has 29 heavy (non-hydrogen) atoms. The number of likely N-dealkylation sites (tertiary alicyclic amines) is 1. The maximum absolute atomic E-state index is 12.0. The lowest BCUT2D eigenvalue weighted by Crippen LogP contribution is -2.58. The normalized spacial score (nSPS) is 28.0. The first-order valence-electron chi connectivity index (χ1n) is 10.8. The van der Waals surface area contributed by atoms with E-state index in [-0.39, 0.29) is 11.3 Å².